The number of hydrogen-bond donors (Lipinski definition) is 1. The lowest BCUT2D eigenvalue weighted by Gasteiger charge is -2.24. The van der Waals surface area contributed by atoms with Crippen LogP contribution in [0.2, 0.25) is 5.02 Å². The van der Waals surface area contributed by atoms with Gasteiger partial charge >= 0.3 is 5.97 Å². The predicted molar refractivity (Wildman–Crippen MR) is 76.3 cm³/mol. The molecule has 0 amide bonds. The molecular weight excluding hydrogens is 280 g/mol. The molecule has 0 atom stereocenters. The van der Waals surface area contributed by atoms with E-state index in [9.17, 15) is 4.79 Å². The average Bonchev–Trinajstić information content (AvgIpc) is 2.94. The van der Waals surface area contributed by atoms with Crippen LogP contribution in [0.1, 0.15) is 25.8 Å². The zero-order chi connectivity index (χ0) is 14.5. The molecule has 5 heteroatoms. The summed E-state index contributed by atoms with van der Waals surface area (Å²) < 4.78 is 11.0. The topological polar surface area (TPSA) is 63.6 Å². The molecule has 1 aromatic carbocycles. The third-order valence-electron chi connectivity index (χ3n) is 3.53. The molecule has 0 aliphatic rings. The minimum atomic E-state index is -0.860. The Morgan fingerprint density at radius 3 is 2.45 bits per heavy atom. The van der Waals surface area contributed by atoms with Crippen molar-refractivity contribution in [2.75, 3.05) is 0 Å². The first-order valence-corrected chi connectivity index (χ1v) is 6.58. The molecular formula is C15H13ClO4. The summed E-state index contributed by atoms with van der Waals surface area (Å²) in [4.78, 5) is 11.1. The van der Waals surface area contributed by atoms with Gasteiger partial charge in [0.2, 0.25) is 0 Å². The van der Waals surface area contributed by atoms with Crippen LogP contribution in [-0.4, -0.2) is 11.1 Å². The van der Waals surface area contributed by atoms with E-state index in [1.165, 1.54) is 0 Å². The van der Waals surface area contributed by atoms with Crippen LogP contribution in [0.4, 0.5) is 0 Å². The number of furan rings is 2. The highest BCUT2D eigenvalue weighted by molar-refractivity contribution is 6.40. The maximum atomic E-state index is 11.1. The largest absolute Gasteiger partial charge is 0.481 e. The van der Waals surface area contributed by atoms with E-state index in [1.807, 2.05) is 13.8 Å². The molecule has 3 rings (SSSR count). The second-order valence-corrected chi connectivity index (χ2v) is 5.85. The lowest BCUT2D eigenvalue weighted by Crippen LogP contribution is -2.22. The van der Waals surface area contributed by atoms with Crippen LogP contribution in [0.3, 0.4) is 0 Å². The number of hydrogen-bond acceptors (Lipinski definition) is 3. The maximum absolute atomic E-state index is 11.1. The van der Waals surface area contributed by atoms with E-state index < -0.39 is 11.4 Å². The van der Waals surface area contributed by atoms with Crippen molar-refractivity contribution in [2.24, 2.45) is 0 Å². The van der Waals surface area contributed by atoms with Crippen molar-refractivity contribution < 1.29 is 18.7 Å². The monoisotopic (exact) mass is 292 g/mol. The van der Waals surface area contributed by atoms with E-state index in [2.05, 4.69) is 0 Å². The molecule has 0 unspecified atom stereocenters. The van der Waals surface area contributed by atoms with Gasteiger partial charge < -0.3 is 13.9 Å². The minimum absolute atomic E-state index is 0.00921. The van der Waals surface area contributed by atoms with Crippen molar-refractivity contribution in [1.29, 1.82) is 0 Å². The molecule has 2 aromatic heterocycles. The number of carboxylic acid groups (broad SMARTS) is 1. The Morgan fingerprint density at radius 1 is 1.20 bits per heavy atom. The molecule has 3 aromatic rings. The van der Waals surface area contributed by atoms with E-state index in [1.54, 1.807) is 24.7 Å². The number of fused-ring (bicyclic) bond motifs is 2. The van der Waals surface area contributed by atoms with Crippen molar-refractivity contribution in [2.45, 2.75) is 25.7 Å². The quantitative estimate of drug-likeness (QED) is 0.767. The van der Waals surface area contributed by atoms with E-state index >= 15 is 0 Å². The van der Waals surface area contributed by atoms with Gasteiger partial charge in [-0.2, -0.15) is 0 Å². The van der Waals surface area contributed by atoms with Crippen LogP contribution in [0.5, 0.6) is 0 Å². The SMILES string of the molecule is CC(C)(CC(=O)O)c1c2ccoc2c(Cl)c2ccoc12. The highest BCUT2D eigenvalue weighted by Crippen LogP contribution is 2.43. The highest BCUT2D eigenvalue weighted by atomic mass is 35.5. The molecule has 2 heterocycles. The first kappa shape index (κ1) is 13.1. The predicted octanol–water partition coefficient (Wildman–Crippen LogP) is 4.58. The van der Waals surface area contributed by atoms with Gasteiger partial charge in [-0.1, -0.05) is 25.4 Å². The van der Waals surface area contributed by atoms with Crippen LogP contribution >= 0.6 is 11.6 Å². The second kappa shape index (κ2) is 4.28. The summed E-state index contributed by atoms with van der Waals surface area (Å²) in [5.74, 6) is -0.860. The summed E-state index contributed by atoms with van der Waals surface area (Å²) >= 11 is 6.31. The Labute approximate surface area is 119 Å². The maximum Gasteiger partial charge on any atom is 0.304 e. The third-order valence-corrected chi connectivity index (χ3v) is 3.91. The first-order chi connectivity index (χ1) is 9.42. The van der Waals surface area contributed by atoms with Crippen LogP contribution in [0.25, 0.3) is 21.9 Å². The van der Waals surface area contributed by atoms with Crippen molar-refractivity contribution in [1.82, 2.24) is 0 Å². The molecule has 1 N–H and O–H groups in total. The number of carboxylic acids is 1. The average molecular weight is 293 g/mol. The lowest BCUT2D eigenvalue weighted by atomic mass is 9.79. The van der Waals surface area contributed by atoms with Gasteiger partial charge in [-0.25, -0.2) is 0 Å². The van der Waals surface area contributed by atoms with E-state index in [-0.39, 0.29) is 6.42 Å². The number of halogens is 1. The van der Waals surface area contributed by atoms with Crippen molar-refractivity contribution in [3.8, 4) is 0 Å². The minimum Gasteiger partial charge on any atom is -0.481 e. The molecule has 0 saturated carbocycles. The molecule has 0 spiro atoms. The zero-order valence-corrected chi connectivity index (χ0v) is 11.8. The molecule has 0 fully saturated rings. The van der Waals surface area contributed by atoms with Gasteiger partial charge in [-0.05, 0) is 12.1 Å². The van der Waals surface area contributed by atoms with Crippen LogP contribution in [-0.2, 0) is 10.2 Å². The fourth-order valence-corrected chi connectivity index (χ4v) is 3.03. The number of carbonyl (C=O) groups is 1. The Balaban J connectivity index is 2.42. The highest BCUT2D eigenvalue weighted by Gasteiger charge is 2.31. The normalized spacial score (nSPS) is 12.3. The van der Waals surface area contributed by atoms with Gasteiger partial charge in [0, 0.05) is 21.8 Å². The zero-order valence-electron chi connectivity index (χ0n) is 11.1. The van der Waals surface area contributed by atoms with Gasteiger partial charge in [0.1, 0.15) is 5.58 Å². The molecule has 0 aliphatic carbocycles. The van der Waals surface area contributed by atoms with Crippen LogP contribution in [0.15, 0.2) is 33.5 Å². The molecule has 0 radical (unpaired) electrons. The van der Waals surface area contributed by atoms with Crippen molar-refractivity contribution in [3.05, 3.63) is 35.2 Å². The number of rotatable bonds is 3. The van der Waals surface area contributed by atoms with Crippen LogP contribution < -0.4 is 0 Å². The van der Waals surface area contributed by atoms with Crippen LogP contribution in [0, 0.1) is 0 Å². The van der Waals surface area contributed by atoms with Gasteiger partial charge in [0.25, 0.3) is 0 Å². The Morgan fingerprint density at radius 2 is 1.80 bits per heavy atom. The molecule has 0 aliphatic heterocycles. The van der Waals surface area contributed by atoms with Gasteiger partial charge in [0.15, 0.2) is 5.58 Å². The fraction of sp³-hybridized carbons (Fsp3) is 0.267. The van der Waals surface area contributed by atoms with Gasteiger partial charge in [0.05, 0.1) is 24.0 Å². The first-order valence-electron chi connectivity index (χ1n) is 6.20. The Hall–Kier alpha value is -1.94. The summed E-state index contributed by atoms with van der Waals surface area (Å²) in [6.45, 7) is 3.75. The van der Waals surface area contributed by atoms with Gasteiger partial charge in [-0.15, -0.1) is 0 Å². The molecule has 0 bridgehead atoms. The molecule has 104 valence electrons. The van der Waals surface area contributed by atoms with E-state index in [0.717, 1.165) is 16.3 Å². The lowest BCUT2D eigenvalue weighted by molar-refractivity contribution is -0.138. The summed E-state index contributed by atoms with van der Waals surface area (Å²) in [5.41, 5.74) is 1.39. The van der Waals surface area contributed by atoms with Crippen molar-refractivity contribution in [3.63, 3.8) is 0 Å². The van der Waals surface area contributed by atoms with E-state index in [0.29, 0.717) is 16.2 Å². The summed E-state index contributed by atoms with van der Waals surface area (Å²) in [6.07, 6.45) is 3.09. The second-order valence-electron chi connectivity index (χ2n) is 5.47. The van der Waals surface area contributed by atoms with E-state index in [4.69, 9.17) is 25.5 Å². The molecule has 4 nitrogen and oxygen atoms in total. The summed E-state index contributed by atoms with van der Waals surface area (Å²) in [5, 5.41) is 11.2. The molecule has 0 saturated heterocycles. The van der Waals surface area contributed by atoms with Gasteiger partial charge in [-0.3, -0.25) is 4.79 Å². The standard InChI is InChI=1S/C15H13ClO4/c1-15(2,7-10(17)18)11-8-3-5-20-14(8)12(16)9-4-6-19-13(9)11/h3-6H,7H2,1-2H3,(H,17,18). The number of aliphatic carboxylic acids is 1. The summed E-state index contributed by atoms with van der Waals surface area (Å²) in [6, 6.07) is 3.56. The fourth-order valence-electron chi connectivity index (χ4n) is 2.73. The Bertz CT molecular complexity index is 758. The van der Waals surface area contributed by atoms with Crippen molar-refractivity contribution >= 4 is 39.5 Å². The third kappa shape index (κ3) is 1.79. The Kier molecular flexibility index (Phi) is 2.80. The smallest absolute Gasteiger partial charge is 0.304 e. The molecule has 20 heavy (non-hydrogen) atoms. The summed E-state index contributed by atoms with van der Waals surface area (Å²) in [7, 11) is 0. The number of benzene rings is 1.